The Hall–Kier alpha value is -2.10. The molecular formula is C19H21F3N2O3S. The Morgan fingerprint density at radius 1 is 1.11 bits per heavy atom. The number of piperidine rings is 1. The highest BCUT2D eigenvalue weighted by molar-refractivity contribution is 7.89. The molecule has 152 valence electrons. The van der Waals surface area contributed by atoms with Crippen molar-refractivity contribution in [3.8, 4) is 16.9 Å². The summed E-state index contributed by atoms with van der Waals surface area (Å²) >= 11 is 0. The van der Waals surface area contributed by atoms with Gasteiger partial charge in [-0.15, -0.1) is 0 Å². The van der Waals surface area contributed by atoms with Crippen molar-refractivity contribution in [1.82, 2.24) is 10.0 Å². The molecule has 2 N–H and O–H groups in total. The lowest BCUT2D eigenvalue weighted by Gasteiger charge is -2.24. The number of halogens is 3. The number of methoxy groups -OCH3 is 1. The largest absolute Gasteiger partial charge is 0.496 e. The second-order valence-corrected chi connectivity index (χ2v) is 8.24. The summed E-state index contributed by atoms with van der Waals surface area (Å²) in [5.41, 5.74) is -0.520. The lowest BCUT2D eigenvalue weighted by atomic mass is 10.0. The molecule has 2 aromatic rings. The molecule has 0 saturated carbocycles. The van der Waals surface area contributed by atoms with Gasteiger partial charge in [-0.05, 0) is 49.7 Å². The standard InChI is InChI=1S/C19H21F3N2O3S/c1-27-17-5-3-2-4-15(17)13-6-7-18(16(12-13)19(20,21)22)28(25,26)24-14-8-10-23-11-9-14/h2-7,12,14,23-24H,8-11H2,1H3. The number of para-hydroxylation sites is 1. The summed E-state index contributed by atoms with van der Waals surface area (Å²) in [6, 6.07) is 9.47. The monoisotopic (exact) mass is 414 g/mol. The van der Waals surface area contributed by atoms with Gasteiger partial charge in [0.2, 0.25) is 10.0 Å². The zero-order valence-electron chi connectivity index (χ0n) is 15.2. The van der Waals surface area contributed by atoms with Crippen molar-refractivity contribution in [1.29, 1.82) is 0 Å². The van der Waals surface area contributed by atoms with Crippen LogP contribution in [0.4, 0.5) is 13.2 Å². The number of hydrogen-bond donors (Lipinski definition) is 2. The van der Waals surface area contributed by atoms with Crippen molar-refractivity contribution in [2.24, 2.45) is 0 Å². The van der Waals surface area contributed by atoms with Gasteiger partial charge in [0.15, 0.2) is 0 Å². The fourth-order valence-electron chi connectivity index (χ4n) is 3.26. The summed E-state index contributed by atoms with van der Waals surface area (Å²) in [6.07, 6.45) is -3.77. The second kappa shape index (κ2) is 8.10. The predicted molar refractivity (Wildman–Crippen MR) is 99.6 cm³/mol. The fourth-order valence-corrected chi connectivity index (χ4v) is 4.77. The summed E-state index contributed by atoms with van der Waals surface area (Å²) < 4.78 is 74.1. The van der Waals surface area contributed by atoms with E-state index in [2.05, 4.69) is 10.0 Å². The normalized spacial score (nSPS) is 16.1. The van der Waals surface area contributed by atoms with Crippen molar-refractivity contribution in [2.45, 2.75) is 30.0 Å². The molecule has 28 heavy (non-hydrogen) atoms. The van der Waals surface area contributed by atoms with E-state index in [0.29, 0.717) is 37.2 Å². The van der Waals surface area contributed by atoms with Crippen LogP contribution in [0.2, 0.25) is 0 Å². The van der Waals surface area contributed by atoms with E-state index in [4.69, 9.17) is 4.74 Å². The first-order valence-electron chi connectivity index (χ1n) is 8.80. The quantitative estimate of drug-likeness (QED) is 0.787. The Morgan fingerprint density at radius 2 is 1.79 bits per heavy atom. The molecule has 0 aromatic heterocycles. The van der Waals surface area contributed by atoms with Crippen LogP contribution in [-0.4, -0.2) is 34.7 Å². The van der Waals surface area contributed by atoms with Gasteiger partial charge in [0, 0.05) is 11.6 Å². The van der Waals surface area contributed by atoms with Crippen molar-refractivity contribution < 1.29 is 26.3 Å². The smallest absolute Gasteiger partial charge is 0.417 e. The summed E-state index contributed by atoms with van der Waals surface area (Å²) in [5.74, 6) is 0.402. The van der Waals surface area contributed by atoms with Crippen LogP contribution in [0.3, 0.4) is 0 Å². The van der Waals surface area contributed by atoms with E-state index in [0.717, 1.165) is 12.1 Å². The SMILES string of the molecule is COc1ccccc1-c1ccc(S(=O)(=O)NC2CCNCC2)c(C(F)(F)F)c1. The first kappa shape index (κ1) is 20.6. The molecule has 1 fully saturated rings. The average molecular weight is 414 g/mol. The van der Waals surface area contributed by atoms with E-state index < -0.39 is 26.7 Å². The molecule has 3 rings (SSSR count). The molecule has 0 radical (unpaired) electrons. The van der Waals surface area contributed by atoms with Gasteiger partial charge < -0.3 is 10.1 Å². The van der Waals surface area contributed by atoms with Crippen molar-refractivity contribution in [3.63, 3.8) is 0 Å². The summed E-state index contributed by atoms with van der Waals surface area (Å²) in [6.45, 7) is 1.23. The molecule has 9 heteroatoms. The lowest BCUT2D eigenvalue weighted by molar-refractivity contribution is -0.139. The molecular weight excluding hydrogens is 393 g/mol. The predicted octanol–water partition coefficient (Wildman–Crippen LogP) is 3.41. The Kier molecular flexibility index (Phi) is 5.97. The molecule has 1 heterocycles. The van der Waals surface area contributed by atoms with Gasteiger partial charge in [-0.1, -0.05) is 24.3 Å². The van der Waals surface area contributed by atoms with Gasteiger partial charge in [-0.3, -0.25) is 0 Å². The van der Waals surface area contributed by atoms with Crippen molar-refractivity contribution in [2.75, 3.05) is 20.2 Å². The van der Waals surface area contributed by atoms with Crippen LogP contribution in [0.1, 0.15) is 18.4 Å². The average Bonchev–Trinajstić information content (AvgIpc) is 2.67. The lowest BCUT2D eigenvalue weighted by Crippen LogP contribution is -2.43. The van der Waals surface area contributed by atoms with Crippen LogP contribution < -0.4 is 14.8 Å². The van der Waals surface area contributed by atoms with Crippen LogP contribution in [0.5, 0.6) is 5.75 Å². The molecule has 5 nitrogen and oxygen atoms in total. The molecule has 1 saturated heterocycles. The molecule has 0 spiro atoms. The Balaban J connectivity index is 2.04. The maximum absolute atomic E-state index is 13.7. The number of sulfonamides is 1. The number of ether oxygens (including phenoxy) is 1. The number of benzene rings is 2. The van der Waals surface area contributed by atoms with Gasteiger partial charge in [-0.25, -0.2) is 13.1 Å². The highest BCUT2D eigenvalue weighted by Gasteiger charge is 2.38. The van der Waals surface area contributed by atoms with Gasteiger partial charge in [0.25, 0.3) is 0 Å². The summed E-state index contributed by atoms with van der Waals surface area (Å²) in [4.78, 5) is -0.766. The molecule has 0 amide bonds. The van der Waals surface area contributed by atoms with E-state index in [1.807, 2.05) is 0 Å². The Morgan fingerprint density at radius 3 is 2.43 bits per heavy atom. The van der Waals surface area contributed by atoms with E-state index in [1.54, 1.807) is 24.3 Å². The van der Waals surface area contributed by atoms with Crippen LogP contribution >= 0.6 is 0 Å². The first-order chi connectivity index (χ1) is 13.2. The third-order valence-electron chi connectivity index (χ3n) is 4.65. The van der Waals surface area contributed by atoms with E-state index in [9.17, 15) is 21.6 Å². The van der Waals surface area contributed by atoms with Gasteiger partial charge >= 0.3 is 6.18 Å². The van der Waals surface area contributed by atoms with Crippen LogP contribution in [0, 0.1) is 0 Å². The van der Waals surface area contributed by atoms with Crippen LogP contribution in [0.15, 0.2) is 47.4 Å². The van der Waals surface area contributed by atoms with Crippen molar-refractivity contribution in [3.05, 3.63) is 48.0 Å². The van der Waals surface area contributed by atoms with Crippen LogP contribution in [0.25, 0.3) is 11.1 Å². The van der Waals surface area contributed by atoms with E-state index >= 15 is 0 Å². The van der Waals surface area contributed by atoms with Gasteiger partial charge in [0.1, 0.15) is 5.75 Å². The van der Waals surface area contributed by atoms with Gasteiger partial charge in [-0.2, -0.15) is 13.2 Å². The maximum atomic E-state index is 13.7. The molecule has 0 unspecified atom stereocenters. The fraction of sp³-hybridized carbons (Fsp3) is 0.368. The topological polar surface area (TPSA) is 67.4 Å². The molecule has 1 aliphatic rings. The Labute approximate surface area is 162 Å². The minimum atomic E-state index is -4.82. The number of hydrogen-bond acceptors (Lipinski definition) is 4. The highest BCUT2D eigenvalue weighted by atomic mass is 32.2. The third kappa shape index (κ3) is 4.48. The number of rotatable bonds is 5. The van der Waals surface area contributed by atoms with E-state index in [1.165, 1.54) is 13.2 Å². The van der Waals surface area contributed by atoms with Gasteiger partial charge in [0.05, 0.1) is 17.6 Å². The summed E-state index contributed by atoms with van der Waals surface area (Å²) in [5, 5.41) is 3.09. The molecule has 0 atom stereocenters. The van der Waals surface area contributed by atoms with E-state index in [-0.39, 0.29) is 11.6 Å². The Bertz CT molecular complexity index is 940. The highest BCUT2D eigenvalue weighted by Crippen LogP contribution is 2.39. The summed E-state index contributed by atoms with van der Waals surface area (Å²) in [7, 11) is -2.90. The zero-order valence-corrected chi connectivity index (χ0v) is 16.0. The maximum Gasteiger partial charge on any atom is 0.417 e. The molecule has 0 aliphatic carbocycles. The molecule has 1 aliphatic heterocycles. The minimum absolute atomic E-state index is 0.227. The zero-order chi connectivity index (χ0) is 20.4. The first-order valence-corrected chi connectivity index (χ1v) is 10.3. The third-order valence-corrected chi connectivity index (χ3v) is 6.23. The molecule has 2 aromatic carbocycles. The minimum Gasteiger partial charge on any atom is -0.496 e. The molecule has 0 bridgehead atoms. The second-order valence-electron chi connectivity index (χ2n) is 6.55. The van der Waals surface area contributed by atoms with Crippen LogP contribution in [-0.2, 0) is 16.2 Å². The van der Waals surface area contributed by atoms with Crippen molar-refractivity contribution >= 4 is 10.0 Å². The number of alkyl halides is 3. The number of nitrogens with one attached hydrogen (secondary N) is 2.